The minimum Gasteiger partial charge on any atom is -0.486 e. The molecule has 0 atom stereocenters. The van der Waals surface area contributed by atoms with Gasteiger partial charge in [0.05, 0.1) is 0 Å². The molecule has 2 aromatic carbocycles. The molecular weight excluding hydrogens is 326 g/mol. The highest BCUT2D eigenvalue weighted by molar-refractivity contribution is 5.80. The fourth-order valence-electron chi connectivity index (χ4n) is 3.57. The van der Waals surface area contributed by atoms with E-state index in [-0.39, 0.29) is 0 Å². The summed E-state index contributed by atoms with van der Waals surface area (Å²) in [5.41, 5.74) is 4.09. The van der Waals surface area contributed by atoms with E-state index in [2.05, 4.69) is 51.6 Å². The fraction of sp³-hybridized carbons (Fsp3) is 0.381. The highest BCUT2D eigenvalue weighted by atomic mass is 16.6. The summed E-state index contributed by atoms with van der Waals surface area (Å²) >= 11 is 0. The lowest BCUT2D eigenvalue weighted by atomic mass is 10.0. The Bertz CT molecular complexity index is 804. The highest BCUT2D eigenvalue weighted by Crippen LogP contribution is 2.30. The lowest BCUT2D eigenvalue weighted by Gasteiger charge is -2.31. The Morgan fingerprint density at radius 1 is 1.08 bits per heavy atom. The van der Waals surface area contributed by atoms with Crippen LogP contribution in [-0.4, -0.2) is 44.2 Å². The van der Waals surface area contributed by atoms with Crippen molar-refractivity contribution in [2.24, 2.45) is 4.99 Å². The predicted molar refractivity (Wildman–Crippen MR) is 103 cm³/mol. The molecule has 0 bridgehead atoms. The van der Waals surface area contributed by atoms with Gasteiger partial charge in [-0.2, -0.15) is 0 Å². The molecule has 2 aromatic rings. The first-order chi connectivity index (χ1) is 12.8. The molecule has 0 aromatic heterocycles. The first-order valence-corrected chi connectivity index (χ1v) is 9.24. The second kappa shape index (κ2) is 7.68. The maximum Gasteiger partial charge on any atom is 0.193 e. The van der Waals surface area contributed by atoms with Gasteiger partial charge in [0.25, 0.3) is 0 Å². The number of benzene rings is 2. The SMILES string of the molecule is CN=C(NCCc1ccc2c(c1)OCCO2)N1CCc2ccccc2C1. The van der Waals surface area contributed by atoms with Gasteiger partial charge in [-0.05, 0) is 41.7 Å². The average Bonchev–Trinajstić information content (AvgIpc) is 2.71. The van der Waals surface area contributed by atoms with E-state index >= 15 is 0 Å². The fourth-order valence-corrected chi connectivity index (χ4v) is 3.57. The van der Waals surface area contributed by atoms with Crippen LogP contribution in [0.5, 0.6) is 11.5 Å². The quantitative estimate of drug-likeness (QED) is 0.682. The molecule has 0 saturated carbocycles. The van der Waals surface area contributed by atoms with Gasteiger partial charge in [-0.25, -0.2) is 0 Å². The smallest absolute Gasteiger partial charge is 0.193 e. The largest absolute Gasteiger partial charge is 0.486 e. The molecule has 0 amide bonds. The zero-order valence-corrected chi connectivity index (χ0v) is 15.2. The second-order valence-corrected chi connectivity index (χ2v) is 6.64. The number of ether oxygens (including phenoxy) is 2. The molecule has 0 radical (unpaired) electrons. The third kappa shape index (κ3) is 3.62. The molecule has 1 N–H and O–H groups in total. The summed E-state index contributed by atoms with van der Waals surface area (Å²) in [7, 11) is 1.85. The maximum atomic E-state index is 5.66. The lowest BCUT2D eigenvalue weighted by molar-refractivity contribution is 0.171. The van der Waals surface area contributed by atoms with E-state index in [0.717, 1.165) is 49.9 Å². The number of rotatable bonds is 3. The predicted octanol–water partition coefficient (Wildman–Crippen LogP) is 2.63. The Morgan fingerprint density at radius 2 is 1.88 bits per heavy atom. The van der Waals surface area contributed by atoms with Crippen LogP contribution in [0.25, 0.3) is 0 Å². The van der Waals surface area contributed by atoms with E-state index in [1.165, 1.54) is 16.7 Å². The number of guanidine groups is 1. The van der Waals surface area contributed by atoms with Crippen LogP contribution in [0.15, 0.2) is 47.5 Å². The molecule has 0 aliphatic carbocycles. The van der Waals surface area contributed by atoms with Crippen molar-refractivity contribution in [3.8, 4) is 11.5 Å². The number of hydrogen-bond acceptors (Lipinski definition) is 3. The number of fused-ring (bicyclic) bond motifs is 2. The number of nitrogens with one attached hydrogen (secondary N) is 1. The Labute approximate surface area is 154 Å². The average molecular weight is 351 g/mol. The van der Waals surface area contributed by atoms with Crippen molar-refractivity contribution in [2.45, 2.75) is 19.4 Å². The third-order valence-corrected chi connectivity index (χ3v) is 4.95. The van der Waals surface area contributed by atoms with Gasteiger partial charge in [0.1, 0.15) is 13.2 Å². The second-order valence-electron chi connectivity index (χ2n) is 6.64. The molecule has 0 fully saturated rings. The maximum absolute atomic E-state index is 5.66. The molecule has 2 aliphatic rings. The Kier molecular flexibility index (Phi) is 4.95. The van der Waals surface area contributed by atoms with Crippen molar-refractivity contribution in [1.82, 2.24) is 10.2 Å². The minimum absolute atomic E-state index is 0.623. The zero-order chi connectivity index (χ0) is 17.8. The first-order valence-electron chi connectivity index (χ1n) is 9.24. The number of hydrogen-bond donors (Lipinski definition) is 1. The number of nitrogens with zero attached hydrogens (tertiary/aromatic N) is 2. The Morgan fingerprint density at radius 3 is 2.73 bits per heavy atom. The van der Waals surface area contributed by atoms with Gasteiger partial charge < -0.3 is 19.7 Å². The van der Waals surface area contributed by atoms with Gasteiger partial charge in [0.15, 0.2) is 17.5 Å². The van der Waals surface area contributed by atoms with Crippen molar-refractivity contribution in [1.29, 1.82) is 0 Å². The zero-order valence-electron chi connectivity index (χ0n) is 15.2. The van der Waals surface area contributed by atoms with E-state index in [9.17, 15) is 0 Å². The number of aliphatic imine (C=N–C) groups is 1. The van der Waals surface area contributed by atoms with Crippen LogP contribution in [0.1, 0.15) is 16.7 Å². The third-order valence-electron chi connectivity index (χ3n) is 4.95. The summed E-state index contributed by atoms with van der Waals surface area (Å²) in [6, 6.07) is 14.9. The molecule has 4 rings (SSSR count). The van der Waals surface area contributed by atoms with Crippen molar-refractivity contribution in [2.75, 3.05) is 33.4 Å². The Hall–Kier alpha value is -2.69. The van der Waals surface area contributed by atoms with Gasteiger partial charge in [-0.3, -0.25) is 4.99 Å². The topological polar surface area (TPSA) is 46.1 Å². The molecule has 5 nitrogen and oxygen atoms in total. The standard InChI is InChI=1S/C21H25N3O2/c1-22-21(24-11-9-17-4-2-3-5-18(17)15-24)23-10-8-16-6-7-19-20(14-16)26-13-12-25-19/h2-7,14H,8-13,15H2,1H3,(H,22,23). The molecule has 0 unspecified atom stereocenters. The van der Waals surface area contributed by atoms with Gasteiger partial charge >= 0.3 is 0 Å². The molecule has 2 heterocycles. The first kappa shape index (κ1) is 16.8. The van der Waals surface area contributed by atoms with Crippen molar-refractivity contribution in [3.63, 3.8) is 0 Å². The lowest BCUT2D eigenvalue weighted by Crippen LogP contribution is -2.44. The molecule has 0 saturated heterocycles. The van der Waals surface area contributed by atoms with Crippen LogP contribution in [0.3, 0.4) is 0 Å². The van der Waals surface area contributed by atoms with Crippen LogP contribution >= 0.6 is 0 Å². The van der Waals surface area contributed by atoms with Crippen molar-refractivity contribution in [3.05, 3.63) is 59.2 Å². The summed E-state index contributed by atoms with van der Waals surface area (Å²) in [4.78, 5) is 6.80. The summed E-state index contributed by atoms with van der Waals surface area (Å²) in [5, 5.41) is 3.50. The summed E-state index contributed by atoms with van der Waals surface area (Å²) in [5.74, 6) is 2.67. The van der Waals surface area contributed by atoms with Crippen LogP contribution in [0, 0.1) is 0 Å². The molecule has 0 spiro atoms. The molecular formula is C21H25N3O2. The van der Waals surface area contributed by atoms with Crippen molar-refractivity contribution < 1.29 is 9.47 Å². The van der Waals surface area contributed by atoms with Crippen LogP contribution in [0.2, 0.25) is 0 Å². The van der Waals surface area contributed by atoms with Crippen LogP contribution < -0.4 is 14.8 Å². The molecule has 26 heavy (non-hydrogen) atoms. The van der Waals surface area contributed by atoms with E-state index in [0.29, 0.717) is 13.2 Å². The van der Waals surface area contributed by atoms with Crippen LogP contribution in [-0.2, 0) is 19.4 Å². The minimum atomic E-state index is 0.623. The normalized spacial score (nSPS) is 16.2. The summed E-state index contributed by atoms with van der Waals surface area (Å²) in [6.07, 6.45) is 1.99. The van der Waals surface area contributed by atoms with Gasteiger partial charge in [-0.15, -0.1) is 0 Å². The summed E-state index contributed by atoms with van der Waals surface area (Å²) < 4.78 is 11.2. The van der Waals surface area contributed by atoms with E-state index in [4.69, 9.17) is 9.47 Å². The van der Waals surface area contributed by atoms with Gasteiger partial charge in [0.2, 0.25) is 0 Å². The monoisotopic (exact) mass is 351 g/mol. The van der Waals surface area contributed by atoms with E-state index in [1.54, 1.807) is 0 Å². The van der Waals surface area contributed by atoms with Crippen molar-refractivity contribution >= 4 is 5.96 Å². The Balaban J connectivity index is 1.34. The van der Waals surface area contributed by atoms with Crippen LogP contribution in [0.4, 0.5) is 0 Å². The molecule has 136 valence electrons. The molecule has 5 heteroatoms. The van der Waals surface area contributed by atoms with E-state index in [1.807, 2.05) is 13.1 Å². The van der Waals surface area contributed by atoms with E-state index < -0.39 is 0 Å². The molecule has 2 aliphatic heterocycles. The van der Waals surface area contributed by atoms with Gasteiger partial charge in [0, 0.05) is 26.7 Å². The van der Waals surface area contributed by atoms with Gasteiger partial charge in [-0.1, -0.05) is 30.3 Å². The highest BCUT2D eigenvalue weighted by Gasteiger charge is 2.18. The summed E-state index contributed by atoms with van der Waals surface area (Å²) in [6.45, 7) is 4.01.